The summed E-state index contributed by atoms with van der Waals surface area (Å²) in [5, 5.41) is 7.10. The number of rotatable bonds is 6. The zero-order chi connectivity index (χ0) is 22.8. The minimum Gasteiger partial charge on any atom is -0.435 e. The minimum atomic E-state index is -2.96. The fraction of sp³-hybridized carbons (Fsp3) is 0.130. The Morgan fingerprint density at radius 1 is 1.09 bits per heavy atom. The van der Waals surface area contributed by atoms with Gasteiger partial charge in [-0.25, -0.2) is 4.98 Å². The minimum absolute atomic E-state index is 0.0373. The number of pyridine rings is 1. The van der Waals surface area contributed by atoms with E-state index in [0.717, 1.165) is 0 Å². The number of hydrogen-bond acceptors (Lipinski definition) is 6. The Kier molecular flexibility index (Phi) is 5.63. The number of hydrogen-bond donors (Lipinski definition) is 1. The van der Waals surface area contributed by atoms with E-state index in [2.05, 4.69) is 20.2 Å². The van der Waals surface area contributed by atoms with Crippen molar-refractivity contribution in [3.05, 3.63) is 71.4 Å². The number of halogens is 2. The highest BCUT2D eigenvalue weighted by molar-refractivity contribution is 6.13. The predicted octanol–water partition coefficient (Wildman–Crippen LogP) is 5.25. The molecule has 7 nitrogen and oxygen atoms in total. The van der Waals surface area contributed by atoms with Gasteiger partial charge >= 0.3 is 6.61 Å². The second-order valence-electron chi connectivity index (χ2n) is 7.00. The summed E-state index contributed by atoms with van der Waals surface area (Å²) in [4.78, 5) is 28.9. The topological polar surface area (TPSA) is 94.3 Å². The summed E-state index contributed by atoms with van der Waals surface area (Å²) in [7, 11) is 0. The third kappa shape index (κ3) is 4.31. The van der Waals surface area contributed by atoms with Gasteiger partial charge in [0.25, 0.3) is 11.6 Å². The number of fused-ring (bicyclic) bond motifs is 1. The van der Waals surface area contributed by atoms with Crippen molar-refractivity contribution in [3.63, 3.8) is 0 Å². The molecule has 2 heterocycles. The number of carbonyl (C=O) groups excluding carboxylic acids is 2. The van der Waals surface area contributed by atoms with Gasteiger partial charge in [-0.3, -0.25) is 9.59 Å². The van der Waals surface area contributed by atoms with Gasteiger partial charge in [0.2, 0.25) is 0 Å². The summed E-state index contributed by atoms with van der Waals surface area (Å²) in [5.41, 5.74) is 2.66. The number of ether oxygens (including phenoxy) is 1. The van der Waals surface area contributed by atoms with Crippen molar-refractivity contribution in [2.24, 2.45) is 0 Å². The normalized spacial score (nSPS) is 11.0. The predicted molar refractivity (Wildman–Crippen MR) is 113 cm³/mol. The summed E-state index contributed by atoms with van der Waals surface area (Å²) in [6.07, 6.45) is 0. The third-order valence-corrected chi connectivity index (χ3v) is 4.77. The van der Waals surface area contributed by atoms with Crippen molar-refractivity contribution in [1.29, 1.82) is 0 Å². The van der Waals surface area contributed by atoms with Crippen LogP contribution < -0.4 is 10.1 Å². The smallest absolute Gasteiger partial charge is 0.387 e. The Labute approximate surface area is 181 Å². The van der Waals surface area contributed by atoms with Crippen molar-refractivity contribution in [3.8, 4) is 17.0 Å². The van der Waals surface area contributed by atoms with E-state index >= 15 is 0 Å². The first-order valence-electron chi connectivity index (χ1n) is 9.56. The van der Waals surface area contributed by atoms with Gasteiger partial charge in [-0.05, 0) is 56.3 Å². The number of alkyl halides is 2. The molecule has 2 aromatic heterocycles. The van der Waals surface area contributed by atoms with E-state index in [4.69, 9.17) is 4.52 Å². The molecule has 0 spiro atoms. The molecule has 4 rings (SSSR count). The molecule has 0 fully saturated rings. The van der Waals surface area contributed by atoms with Crippen LogP contribution >= 0.6 is 0 Å². The molecule has 0 aliphatic rings. The van der Waals surface area contributed by atoms with E-state index in [-0.39, 0.29) is 22.8 Å². The summed E-state index contributed by atoms with van der Waals surface area (Å²) in [6.45, 7) is 0.176. The van der Waals surface area contributed by atoms with E-state index in [0.29, 0.717) is 33.6 Å². The number of anilines is 1. The van der Waals surface area contributed by atoms with Crippen molar-refractivity contribution < 1.29 is 27.6 Å². The summed E-state index contributed by atoms with van der Waals surface area (Å²) < 4.78 is 34.9. The molecule has 0 radical (unpaired) electrons. The van der Waals surface area contributed by atoms with E-state index < -0.39 is 12.5 Å². The van der Waals surface area contributed by atoms with Gasteiger partial charge in [0, 0.05) is 16.8 Å². The fourth-order valence-electron chi connectivity index (χ4n) is 3.24. The first-order chi connectivity index (χ1) is 15.3. The van der Waals surface area contributed by atoms with Crippen LogP contribution in [0.4, 0.5) is 14.5 Å². The number of Topliss-reactive ketones (excluding diaryl/α,β-unsaturated/α-hetero) is 1. The highest BCUT2D eigenvalue weighted by atomic mass is 19.3. The summed E-state index contributed by atoms with van der Waals surface area (Å²) in [5.74, 6) is -0.563. The molecule has 1 amide bonds. The van der Waals surface area contributed by atoms with Crippen LogP contribution in [0.5, 0.6) is 5.75 Å². The van der Waals surface area contributed by atoms with Crippen LogP contribution in [0.3, 0.4) is 0 Å². The molecule has 0 unspecified atom stereocenters. The first-order valence-corrected chi connectivity index (χ1v) is 9.56. The number of nitrogens with zero attached hydrogens (tertiary/aromatic N) is 2. The number of ketones is 1. The summed E-state index contributed by atoms with van der Waals surface area (Å²) >= 11 is 0. The number of benzene rings is 2. The number of aromatic nitrogens is 2. The Balaban J connectivity index is 1.73. The maximum absolute atomic E-state index is 13.1. The van der Waals surface area contributed by atoms with E-state index in [1.54, 1.807) is 43.3 Å². The molecule has 1 N–H and O–H groups in total. The second-order valence-corrected chi connectivity index (χ2v) is 7.00. The van der Waals surface area contributed by atoms with Crippen LogP contribution in [0.1, 0.15) is 33.3 Å². The maximum atomic E-state index is 13.1. The Bertz CT molecular complexity index is 1320. The van der Waals surface area contributed by atoms with Gasteiger partial charge in [-0.2, -0.15) is 8.78 Å². The lowest BCUT2D eigenvalue weighted by atomic mass is 10.0. The van der Waals surface area contributed by atoms with Gasteiger partial charge in [0.05, 0.1) is 22.3 Å². The molecular formula is C23H17F2N3O4. The Morgan fingerprint density at radius 3 is 2.53 bits per heavy atom. The fourth-order valence-corrected chi connectivity index (χ4v) is 3.24. The van der Waals surface area contributed by atoms with Crippen LogP contribution in [0.25, 0.3) is 22.4 Å². The lowest BCUT2D eigenvalue weighted by molar-refractivity contribution is -0.0498. The molecule has 0 saturated heterocycles. The number of carbonyl (C=O) groups is 2. The van der Waals surface area contributed by atoms with Gasteiger partial charge in [0.1, 0.15) is 5.75 Å². The van der Waals surface area contributed by atoms with Gasteiger partial charge in [-0.1, -0.05) is 17.3 Å². The molecular weight excluding hydrogens is 420 g/mol. The van der Waals surface area contributed by atoms with Crippen LogP contribution in [-0.4, -0.2) is 28.4 Å². The molecule has 0 bridgehead atoms. The number of nitrogens with one attached hydrogen (secondary N) is 1. The molecule has 0 aliphatic heterocycles. The standard InChI is InChI=1S/C23H17F2N3O4/c1-12-20-18(21(30)26-16-8-6-14(7-9-16)13(2)29)11-19(27-22(20)32-28-12)15-4-3-5-17(10-15)31-23(24)25/h3-11,23H,1-2H3,(H,26,30). The average Bonchev–Trinajstić information content (AvgIpc) is 3.14. The van der Waals surface area contributed by atoms with Crippen LogP contribution in [0, 0.1) is 6.92 Å². The lowest BCUT2D eigenvalue weighted by Crippen LogP contribution is -2.13. The van der Waals surface area contributed by atoms with Crippen LogP contribution in [0.15, 0.2) is 59.1 Å². The van der Waals surface area contributed by atoms with Gasteiger partial charge in [0.15, 0.2) is 5.78 Å². The highest BCUT2D eigenvalue weighted by Crippen LogP contribution is 2.29. The lowest BCUT2D eigenvalue weighted by Gasteiger charge is -2.10. The zero-order valence-electron chi connectivity index (χ0n) is 17.1. The van der Waals surface area contributed by atoms with Gasteiger partial charge < -0.3 is 14.6 Å². The quantitative estimate of drug-likeness (QED) is 0.414. The third-order valence-electron chi connectivity index (χ3n) is 4.77. The molecule has 0 atom stereocenters. The van der Waals surface area contributed by atoms with Crippen molar-refractivity contribution >= 4 is 28.5 Å². The van der Waals surface area contributed by atoms with E-state index in [1.807, 2.05) is 0 Å². The number of amides is 1. The molecule has 0 aliphatic carbocycles. The average molecular weight is 437 g/mol. The van der Waals surface area contributed by atoms with E-state index in [9.17, 15) is 18.4 Å². The Hall–Kier alpha value is -4.14. The maximum Gasteiger partial charge on any atom is 0.387 e. The summed E-state index contributed by atoms with van der Waals surface area (Å²) in [6, 6.07) is 14.0. The number of aryl methyl sites for hydroxylation is 1. The van der Waals surface area contributed by atoms with Crippen molar-refractivity contribution in [2.45, 2.75) is 20.5 Å². The monoisotopic (exact) mass is 437 g/mol. The second kappa shape index (κ2) is 8.54. The first kappa shape index (κ1) is 21.1. The SMILES string of the molecule is CC(=O)c1ccc(NC(=O)c2cc(-c3cccc(OC(F)F)c3)nc3onc(C)c23)cc1. The van der Waals surface area contributed by atoms with Crippen molar-refractivity contribution in [2.75, 3.05) is 5.32 Å². The molecule has 32 heavy (non-hydrogen) atoms. The molecule has 4 aromatic rings. The van der Waals surface area contributed by atoms with Crippen molar-refractivity contribution in [1.82, 2.24) is 10.1 Å². The highest BCUT2D eigenvalue weighted by Gasteiger charge is 2.20. The molecule has 162 valence electrons. The van der Waals surface area contributed by atoms with Gasteiger partial charge in [-0.15, -0.1) is 0 Å². The zero-order valence-corrected chi connectivity index (χ0v) is 17.1. The molecule has 2 aromatic carbocycles. The largest absolute Gasteiger partial charge is 0.435 e. The molecule has 0 saturated carbocycles. The van der Waals surface area contributed by atoms with Crippen LogP contribution in [0.2, 0.25) is 0 Å². The molecule has 9 heteroatoms. The van der Waals surface area contributed by atoms with E-state index in [1.165, 1.54) is 25.1 Å². The Morgan fingerprint density at radius 2 is 1.84 bits per heavy atom. The van der Waals surface area contributed by atoms with Crippen LogP contribution in [-0.2, 0) is 0 Å².